The van der Waals surface area contributed by atoms with Crippen LogP contribution in [0.2, 0.25) is 0 Å². The Labute approximate surface area is 166 Å². The van der Waals surface area contributed by atoms with Gasteiger partial charge in [-0.2, -0.15) is 0 Å². The summed E-state index contributed by atoms with van der Waals surface area (Å²) in [6.07, 6.45) is 0. The predicted octanol–water partition coefficient (Wildman–Crippen LogP) is 0.288. The number of hydrogen-bond donors (Lipinski definition) is 4. The first-order chi connectivity index (χ1) is 13.2. The van der Waals surface area contributed by atoms with Crippen LogP contribution in [0.15, 0.2) is 30.3 Å². The van der Waals surface area contributed by atoms with Gasteiger partial charge in [0.05, 0.1) is 0 Å². The van der Waals surface area contributed by atoms with E-state index in [2.05, 4.69) is 16.0 Å². The van der Waals surface area contributed by atoms with Crippen LogP contribution in [0, 0.1) is 0 Å². The normalized spacial score (nSPS) is 25.9. The number of hydrogen-bond acceptors (Lipinski definition) is 5. The van der Waals surface area contributed by atoms with E-state index in [4.69, 9.17) is 0 Å². The maximum absolute atomic E-state index is 12.9. The molecule has 0 bridgehead atoms. The molecule has 2 aliphatic rings. The SMILES string of the molecule is CNC(=O)NC(C(=O)N[C@@H]1C(=O)N2[C@@H]1SC(C)(C)[C@@H]2C(=O)O)c1ccccc1. The van der Waals surface area contributed by atoms with Crippen LogP contribution in [0.1, 0.15) is 25.5 Å². The Morgan fingerprint density at radius 3 is 2.43 bits per heavy atom. The lowest BCUT2D eigenvalue weighted by molar-refractivity contribution is -0.161. The molecule has 2 saturated heterocycles. The molecule has 0 saturated carbocycles. The number of benzene rings is 1. The van der Waals surface area contributed by atoms with E-state index in [9.17, 15) is 24.3 Å². The molecule has 3 rings (SSSR count). The smallest absolute Gasteiger partial charge is 0.327 e. The highest BCUT2D eigenvalue weighted by atomic mass is 32.2. The molecule has 28 heavy (non-hydrogen) atoms. The van der Waals surface area contributed by atoms with Crippen LogP contribution < -0.4 is 16.0 Å². The van der Waals surface area contributed by atoms with Gasteiger partial charge in [-0.15, -0.1) is 11.8 Å². The zero-order chi connectivity index (χ0) is 20.6. The van der Waals surface area contributed by atoms with E-state index in [-0.39, 0.29) is 0 Å². The molecule has 1 aromatic rings. The van der Waals surface area contributed by atoms with Gasteiger partial charge in [0.15, 0.2) is 0 Å². The zero-order valence-corrected chi connectivity index (χ0v) is 16.4. The molecule has 1 unspecified atom stereocenters. The predicted molar refractivity (Wildman–Crippen MR) is 102 cm³/mol. The summed E-state index contributed by atoms with van der Waals surface area (Å²) in [7, 11) is 1.44. The van der Waals surface area contributed by atoms with E-state index < -0.39 is 52.1 Å². The molecule has 2 fully saturated rings. The van der Waals surface area contributed by atoms with Crippen molar-refractivity contribution < 1.29 is 24.3 Å². The molecule has 0 aromatic heterocycles. The van der Waals surface area contributed by atoms with Gasteiger partial charge in [-0.3, -0.25) is 9.59 Å². The van der Waals surface area contributed by atoms with Gasteiger partial charge < -0.3 is 26.0 Å². The highest BCUT2D eigenvalue weighted by Gasteiger charge is 2.64. The number of nitrogens with zero attached hydrogens (tertiary/aromatic N) is 1. The van der Waals surface area contributed by atoms with Crippen LogP contribution >= 0.6 is 11.8 Å². The lowest BCUT2D eigenvalue weighted by Crippen LogP contribution is -2.71. The van der Waals surface area contributed by atoms with Gasteiger partial charge in [0.25, 0.3) is 0 Å². The Balaban J connectivity index is 1.77. The summed E-state index contributed by atoms with van der Waals surface area (Å²) in [4.78, 5) is 50.1. The molecule has 4 atom stereocenters. The number of aliphatic carboxylic acids is 1. The summed E-state index contributed by atoms with van der Waals surface area (Å²) in [5, 5.41) is 16.7. The number of fused-ring (bicyclic) bond motifs is 1. The Morgan fingerprint density at radius 1 is 1.21 bits per heavy atom. The van der Waals surface area contributed by atoms with Crippen molar-refractivity contribution in [3.05, 3.63) is 35.9 Å². The Kier molecular flexibility index (Phi) is 5.24. The van der Waals surface area contributed by atoms with Crippen LogP contribution in [0.5, 0.6) is 0 Å². The summed E-state index contributed by atoms with van der Waals surface area (Å²) < 4.78 is -0.676. The van der Waals surface area contributed by atoms with E-state index in [0.29, 0.717) is 5.56 Å². The number of carbonyl (C=O) groups is 4. The summed E-state index contributed by atoms with van der Waals surface area (Å²) in [5.74, 6) is -2.04. The molecule has 4 N–H and O–H groups in total. The number of β-lactam (4-membered cyclic amide) rings is 1. The summed E-state index contributed by atoms with van der Waals surface area (Å²) in [6.45, 7) is 3.53. The third-order valence-electron chi connectivity index (χ3n) is 4.87. The van der Waals surface area contributed by atoms with Crippen molar-refractivity contribution in [1.82, 2.24) is 20.9 Å². The van der Waals surface area contributed by atoms with Gasteiger partial charge in [-0.25, -0.2) is 9.59 Å². The van der Waals surface area contributed by atoms with Crippen LogP contribution in [0.4, 0.5) is 4.79 Å². The number of amides is 4. The Morgan fingerprint density at radius 2 is 1.86 bits per heavy atom. The fourth-order valence-electron chi connectivity index (χ4n) is 3.53. The molecule has 1 aromatic carbocycles. The summed E-state index contributed by atoms with van der Waals surface area (Å²) >= 11 is 1.34. The number of urea groups is 1. The van der Waals surface area contributed by atoms with E-state index in [1.54, 1.807) is 44.2 Å². The van der Waals surface area contributed by atoms with Gasteiger partial charge >= 0.3 is 12.0 Å². The first kappa shape index (κ1) is 20.0. The van der Waals surface area contributed by atoms with Gasteiger partial charge in [0.2, 0.25) is 11.8 Å². The fourth-order valence-corrected chi connectivity index (χ4v) is 5.16. The molecule has 0 spiro atoms. The molecular weight excluding hydrogens is 384 g/mol. The fraction of sp³-hybridized carbons (Fsp3) is 0.444. The summed E-state index contributed by atoms with van der Waals surface area (Å²) in [5.41, 5.74) is 0.565. The van der Waals surface area contributed by atoms with Crippen molar-refractivity contribution >= 4 is 35.6 Å². The topological polar surface area (TPSA) is 128 Å². The van der Waals surface area contributed by atoms with Crippen molar-refractivity contribution in [2.24, 2.45) is 0 Å². The van der Waals surface area contributed by atoms with Gasteiger partial charge in [-0.1, -0.05) is 30.3 Å². The van der Waals surface area contributed by atoms with Crippen LogP contribution in [0.25, 0.3) is 0 Å². The van der Waals surface area contributed by atoms with E-state index >= 15 is 0 Å². The molecule has 2 aliphatic heterocycles. The first-order valence-corrected chi connectivity index (χ1v) is 9.61. The molecule has 9 nitrogen and oxygen atoms in total. The minimum Gasteiger partial charge on any atom is -0.480 e. The van der Waals surface area contributed by atoms with Crippen molar-refractivity contribution in [3.8, 4) is 0 Å². The largest absolute Gasteiger partial charge is 0.480 e. The average molecular weight is 406 g/mol. The maximum Gasteiger partial charge on any atom is 0.327 e. The number of carbonyl (C=O) groups excluding carboxylic acids is 3. The minimum absolute atomic E-state index is 0.435. The monoisotopic (exact) mass is 406 g/mol. The van der Waals surface area contributed by atoms with Crippen molar-refractivity contribution in [2.45, 2.75) is 42.1 Å². The lowest BCUT2D eigenvalue weighted by Gasteiger charge is -2.44. The molecule has 4 amide bonds. The Bertz CT molecular complexity index is 815. The third kappa shape index (κ3) is 3.39. The van der Waals surface area contributed by atoms with Crippen molar-refractivity contribution in [2.75, 3.05) is 7.05 Å². The number of carboxylic acids is 1. The second-order valence-electron chi connectivity index (χ2n) is 7.15. The van der Waals surface area contributed by atoms with Crippen LogP contribution in [-0.4, -0.2) is 63.1 Å². The minimum atomic E-state index is -1.07. The van der Waals surface area contributed by atoms with E-state index in [0.717, 1.165) is 0 Å². The molecule has 0 radical (unpaired) electrons. The number of thioether (sulfide) groups is 1. The van der Waals surface area contributed by atoms with Gasteiger partial charge in [-0.05, 0) is 19.4 Å². The van der Waals surface area contributed by atoms with E-state index in [1.807, 2.05) is 0 Å². The quantitative estimate of drug-likeness (QED) is 0.521. The van der Waals surface area contributed by atoms with E-state index in [1.165, 1.54) is 23.7 Å². The lowest BCUT2D eigenvalue weighted by atomic mass is 9.95. The molecule has 150 valence electrons. The van der Waals surface area contributed by atoms with Crippen molar-refractivity contribution in [3.63, 3.8) is 0 Å². The summed E-state index contributed by atoms with van der Waals surface area (Å²) in [6, 6.07) is 5.36. The standard InChI is InChI=1S/C18H22N4O5S/c1-18(2)12(16(25)26)22-14(24)11(15(22)28-18)20-13(23)10(21-17(27)19-3)9-7-5-4-6-8-9/h4-8,10-12,15H,1-3H3,(H,20,23)(H,25,26)(H2,19,21,27)/t10?,11-,12+,15-/m1/s1. The molecular formula is C18H22N4O5S. The second-order valence-corrected chi connectivity index (χ2v) is 8.92. The number of carboxylic acid groups (broad SMARTS) is 1. The highest BCUT2D eigenvalue weighted by Crippen LogP contribution is 2.50. The van der Waals surface area contributed by atoms with Crippen LogP contribution in [0.3, 0.4) is 0 Å². The Hall–Kier alpha value is -2.75. The van der Waals surface area contributed by atoms with Crippen LogP contribution in [-0.2, 0) is 14.4 Å². The third-order valence-corrected chi connectivity index (χ3v) is 6.44. The number of rotatable bonds is 5. The first-order valence-electron chi connectivity index (χ1n) is 8.73. The van der Waals surface area contributed by atoms with Gasteiger partial charge in [0.1, 0.15) is 23.5 Å². The maximum atomic E-state index is 12.9. The van der Waals surface area contributed by atoms with Gasteiger partial charge in [0, 0.05) is 11.8 Å². The zero-order valence-electron chi connectivity index (χ0n) is 15.6. The molecule has 0 aliphatic carbocycles. The highest BCUT2D eigenvalue weighted by molar-refractivity contribution is 8.01. The average Bonchev–Trinajstić information content (AvgIpc) is 2.92. The molecule has 2 heterocycles. The number of nitrogens with one attached hydrogen (secondary N) is 3. The van der Waals surface area contributed by atoms with Crippen molar-refractivity contribution in [1.29, 1.82) is 0 Å². The molecule has 10 heteroatoms. The second kappa shape index (κ2) is 7.34.